The fourth-order valence-corrected chi connectivity index (χ4v) is 6.45. The number of nitrogens with one attached hydrogen (secondary N) is 1. The van der Waals surface area contributed by atoms with Crippen LogP contribution in [0.5, 0.6) is 5.75 Å². The van der Waals surface area contributed by atoms with E-state index in [2.05, 4.69) is 33.8 Å². The van der Waals surface area contributed by atoms with Crippen LogP contribution in [0.25, 0.3) is 21.0 Å². The predicted octanol–water partition coefficient (Wildman–Crippen LogP) is 2.88. The largest absolute Gasteiger partial charge is 1.00 e. The summed E-state index contributed by atoms with van der Waals surface area (Å²) in [6.07, 6.45) is 7.64. The number of hydrogen-bond acceptors (Lipinski definition) is 5. The summed E-state index contributed by atoms with van der Waals surface area (Å²) < 4.78 is 9.22. The topological polar surface area (TPSA) is 48.6 Å². The van der Waals surface area contributed by atoms with Gasteiger partial charge in [0.05, 0.1) is 30.5 Å². The second-order valence-corrected chi connectivity index (χ2v) is 10.0. The monoisotopic (exact) mass is 527 g/mol. The van der Waals surface area contributed by atoms with Crippen LogP contribution in [0.15, 0.2) is 24.3 Å². The first-order valence-electron chi connectivity index (χ1n) is 11.9. The number of phenols is 1. The van der Waals surface area contributed by atoms with Crippen LogP contribution < -0.4 is 22.3 Å². The molecule has 1 saturated carbocycles. The van der Waals surface area contributed by atoms with Crippen molar-refractivity contribution in [3.63, 3.8) is 0 Å². The molecule has 5 nitrogen and oxygen atoms in total. The molecule has 0 atom stereocenters. The van der Waals surface area contributed by atoms with Gasteiger partial charge in [0, 0.05) is 36.0 Å². The third kappa shape index (κ3) is 5.90. The summed E-state index contributed by atoms with van der Waals surface area (Å²) >= 11 is 1.82. The number of aryl methyl sites for hydroxylation is 2. The van der Waals surface area contributed by atoms with Crippen molar-refractivity contribution in [2.45, 2.75) is 65.5 Å². The molecule has 2 heterocycles. The van der Waals surface area contributed by atoms with Crippen LogP contribution in [0.4, 0.5) is 5.13 Å². The lowest BCUT2D eigenvalue weighted by molar-refractivity contribution is -0.653. The van der Waals surface area contributed by atoms with Gasteiger partial charge in [0.15, 0.2) is 5.52 Å². The molecule has 1 aliphatic heterocycles. The lowest BCUT2D eigenvalue weighted by Gasteiger charge is -2.26. The number of aromatic hydroxyl groups is 1. The highest BCUT2D eigenvalue weighted by Gasteiger charge is 2.27. The molecule has 2 aromatic carbocycles. The van der Waals surface area contributed by atoms with E-state index in [1.54, 1.807) is 0 Å². The molecule has 8 heteroatoms. The summed E-state index contributed by atoms with van der Waals surface area (Å²) in [5.74, 6) is 0.425. The number of halogens is 2. The number of ether oxygens (including phenoxy) is 1. The highest BCUT2D eigenvalue weighted by Crippen LogP contribution is 2.40. The van der Waals surface area contributed by atoms with E-state index in [9.17, 15) is 5.11 Å². The van der Waals surface area contributed by atoms with Crippen molar-refractivity contribution in [3.8, 4) is 5.75 Å². The molecule has 0 spiro atoms. The molecule has 3 aromatic rings. The van der Waals surface area contributed by atoms with Crippen molar-refractivity contribution >= 4 is 49.9 Å². The van der Waals surface area contributed by atoms with E-state index in [1.165, 1.54) is 47.5 Å². The number of nitrogens with zero attached hydrogens (tertiary/aromatic N) is 2. The molecule has 0 amide bonds. The van der Waals surface area contributed by atoms with Crippen molar-refractivity contribution in [3.05, 3.63) is 29.8 Å². The minimum Gasteiger partial charge on any atom is -1.00 e. The molecule has 0 bridgehead atoms. The summed E-state index contributed by atoms with van der Waals surface area (Å²) in [7, 11) is 0. The minimum absolute atomic E-state index is 0. The number of morpholine rings is 1. The lowest BCUT2D eigenvalue weighted by Crippen LogP contribution is -3.00. The van der Waals surface area contributed by atoms with Gasteiger partial charge in [-0.25, -0.2) is 4.57 Å². The first-order chi connectivity index (χ1) is 15.2. The van der Waals surface area contributed by atoms with Crippen LogP contribution in [-0.2, 0) is 11.3 Å². The van der Waals surface area contributed by atoms with Gasteiger partial charge in [-0.1, -0.05) is 32.0 Å². The summed E-state index contributed by atoms with van der Waals surface area (Å²) in [6.45, 7) is 7.93. The number of rotatable bonds is 6. The Balaban J connectivity index is 0.00000136. The van der Waals surface area contributed by atoms with E-state index >= 15 is 0 Å². The van der Waals surface area contributed by atoms with Gasteiger partial charge in [-0.05, 0) is 56.4 Å². The zero-order chi connectivity index (χ0) is 21.2. The summed E-state index contributed by atoms with van der Waals surface area (Å²) in [4.78, 5) is 2.52. The molecule has 1 aliphatic carbocycles. The standard InChI is InChI=1S/C25H33N3O2S.CH4.2ClH/c1-18-23(29)21-11-6-5-10-20(21)22-24(18)31-25(26-19-8-3-2-4-9-19)28(22)13-7-12-27-14-16-30-17-15-27;;;/h5-6,10-11,19,29H,2-4,7-9,12-17H2,1H3;1H4;2*1H. The zero-order valence-electron chi connectivity index (χ0n) is 19.3. The number of phenolic OH excluding ortho intramolecular Hbond substituents is 1. The smallest absolute Gasteiger partial charge is 0.335 e. The Kier molecular flexibility index (Phi) is 11.2. The number of anilines is 1. The van der Waals surface area contributed by atoms with Crippen LogP contribution >= 0.6 is 23.7 Å². The first-order valence-corrected chi connectivity index (χ1v) is 12.7. The zero-order valence-corrected chi connectivity index (χ0v) is 21.7. The molecule has 0 unspecified atom stereocenters. The van der Waals surface area contributed by atoms with Crippen LogP contribution in [0.1, 0.15) is 51.5 Å². The Bertz CT molecular complexity index is 1060. The van der Waals surface area contributed by atoms with E-state index in [4.69, 9.17) is 4.74 Å². The molecular formula is C26H39Cl2N3O2S. The third-order valence-corrected chi connectivity index (χ3v) is 8.19. The Morgan fingerprint density at radius 3 is 2.50 bits per heavy atom. The minimum atomic E-state index is 0. The molecular weight excluding hydrogens is 489 g/mol. The fourth-order valence-electron chi connectivity index (χ4n) is 5.17. The molecule has 1 saturated heterocycles. The van der Waals surface area contributed by atoms with Gasteiger partial charge in [-0.2, -0.15) is 0 Å². The normalized spacial score (nSPS) is 17.1. The van der Waals surface area contributed by atoms with E-state index in [0.717, 1.165) is 62.1 Å². The van der Waals surface area contributed by atoms with Crippen molar-refractivity contribution in [2.24, 2.45) is 0 Å². The van der Waals surface area contributed by atoms with Crippen LogP contribution in [0.3, 0.4) is 0 Å². The van der Waals surface area contributed by atoms with Crippen molar-refractivity contribution in [1.82, 2.24) is 4.90 Å². The third-order valence-electron chi connectivity index (χ3n) is 6.95. The lowest BCUT2D eigenvalue weighted by atomic mass is 9.96. The molecule has 2 N–H and O–H groups in total. The average molecular weight is 529 g/mol. The van der Waals surface area contributed by atoms with Crippen LogP contribution in [0.2, 0.25) is 0 Å². The van der Waals surface area contributed by atoms with Gasteiger partial charge in [0.1, 0.15) is 5.75 Å². The van der Waals surface area contributed by atoms with Gasteiger partial charge < -0.3 is 22.3 Å². The van der Waals surface area contributed by atoms with Gasteiger partial charge >= 0.3 is 5.13 Å². The Hall–Kier alpha value is -1.31. The molecule has 0 radical (unpaired) electrons. The number of benzene rings is 2. The number of thiazole rings is 1. The Morgan fingerprint density at radius 2 is 1.79 bits per heavy atom. The Labute approximate surface area is 220 Å². The van der Waals surface area contributed by atoms with Crippen molar-refractivity contribution < 1.29 is 26.8 Å². The van der Waals surface area contributed by atoms with Gasteiger partial charge in [0.2, 0.25) is 0 Å². The highest BCUT2D eigenvalue weighted by atomic mass is 35.5. The van der Waals surface area contributed by atoms with Gasteiger partial charge in [-0.15, -0.1) is 12.4 Å². The van der Waals surface area contributed by atoms with Gasteiger partial charge in [-0.3, -0.25) is 10.2 Å². The molecule has 1 aromatic heterocycles. The van der Waals surface area contributed by atoms with Crippen LogP contribution in [0, 0.1) is 6.92 Å². The summed E-state index contributed by atoms with van der Waals surface area (Å²) in [5, 5.41) is 18.1. The van der Waals surface area contributed by atoms with Crippen LogP contribution in [-0.4, -0.2) is 48.9 Å². The highest BCUT2D eigenvalue weighted by molar-refractivity contribution is 7.22. The van der Waals surface area contributed by atoms with E-state index in [-0.39, 0.29) is 32.2 Å². The maximum Gasteiger partial charge on any atom is 0.335 e. The van der Waals surface area contributed by atoms with Crippen molar-refractivity contribution in [1.29, 1.82) is 0 Å². The Morgan fingerprint density at radius 1 is 1.12 bits per heavy atom. The molecule has 34 heavy (non-hydrogen) atoms. The number of aromatic nitrogens is 1. The van der Waals surface area contributed by atoms with Gasteiger partial charge in [0.25, 0.3) is 0 Å². The first kappa shape index (κ1) is 28.9. The number of hydrogen-bond donors (Lipinski definition) is 2. The summed E-state index contributed by atoms with van der Waals surface area (Å²) in [6, 6.07) is 8.87. The quantitative estimate of drug-likeness (QED) is 0.484. The van der Waals surface area contributed by atoms with E-state index in [0.29, 0.717) is 11.8 Å². The second-order valence-electron chi connectivity index (χ2n) is 9.04. The maximum atomic E-state index is 10.9. The molecule has 2 fully saturated rings. The molecule has 5 rings (SSSR count). The predicted molar refractivity (Wildman–Crippen MR) is 142 cm³/mol. The fraction of sp³-hybridized carbons (Fsp3) is 0.577. The van der Waals surface area contributed by atoms with E-state index in [1.807, 2.05) is 23.5 Å². The second kappa shape index (κ2) is 13.1. The van der Waals surface area contributed by atoms with Crippen molar-refractivity contribution in [2.75, 3.05) is 38.2 Å². The average Bonchev–Trinajstić information content (AvgIpc) is 3.17. The molecule has 190 valence electrons. The van der Waals surface area contributed by atoms with E-state index < -0.39 is 0 Å². The maximum absolute atomic E-state index is 10.9. The molecule has 2 aliphatic rings. The SMILES string of the molecule is C.Cc1c(O)c2ccccc2c2c1sc(NC1CCCCC1)[n+]2CCCN1CCOCC1.Cl.[Cl-]. The summed E-state index contributed by atoms with van der Waals surface area (Å²) in [5.41, 5.74) is 2.27. The number of fused-ring (bicyclic) bond motifs is 3.